The summed E-state index contributed by atoms with van der Waals surface area (Å²) in [5.74, 6) is -0.643. The summed E-state index contributed by atoms with van der Waals surface area (Å²) in [6.45, 7) is 10.4. The smallest absolute Gasteiger partial charge is 0.225 e. The van der Waals surface area contributed by atoms with Gasteiger partial charge in [0.15, 0.2) is 9.84 Å². The van der Waals surface area contributed by atoms with Crippen LogP contribution in [0.2, 0.25) is 5.02 Å². The van der Waals surface area contributed by atoms with E-state index in [1.54, 1.807) is 30.2 Å². The van der Waals surface area contributed by atoms with E-state index in [0.717, 1.165) is 29.8 Å². The van der Waals surface area contributed by atoms with Crippen molar-refractivity contribution in [2.24, 2.45) is 23.2 Å². The van der Waals surface area contributed by atoms with E-state index in [0.29, 0.717) is 16.6 Å². The second-order valence-corrected chi connectivity index (χ2v) is 14.4. The number of thiazole rings is 1. The summed E-state index contributed by atoms with van der Waals surface area (Å²) in [5.41, 5.74) is 0.767. The quantitative estimate of drug-likeness (QED) is 0.484. The lowest BCUT2D eigenvalue weighted by Crippen LogP contribution is -2.53. The minimum absolute atomic E-state index is 0.0232. The number of aromatic nitrogens is 1. The minimum atomic E-state index is -3.55. The summed E-state index contributed by atoms with van der Waals surface area (Å²) in [6.07, 6.45) is 3.52. The summed E-state index contributed by atoms with van der Waals surface area (Å²) < 4.78 is 26.0. The third-order valence-electron chi connectivity index (χ3n) is 8.26. The lowest BCUT2D eigenvalue weighted by molar-refractivity contribution is -0.143. The van der Waals surface area contributed by atoms with Gasteiger partial charge in [-0.05, 0) is 60.8 Å². The highest BCUT2D eigenvalue weighted by Gasteiger charge is 2.54. The number of aliphatic hydroxyl groups excluding tert-OH is 1. The van der Waals surface area contributed by atoms with Gasteiger partial charge in [-0.15, -0.1) is 17.9 Å². The largest absolute Gasteiger partial charge is 0.392 e. The molecule has 196 valence electrons. The van der Waals surface area contributed by atoms with Gasteiger partial charge in [0.1, 0.15) is 10.8 Å². The maximum atomic E-state index is 13.0. The Morgan fingerprint density at radius 1 is 1.39 bits per heavy atom. The van der Waals surface area contributed by atoms with Crippen LogP contribution >= 0.6 is 22.9 Å². The molecule has 1 amide bonds. The average molecular weight is 551 g/mol. The van der Waals surface area contributed by atoms with Gasteiger partial charge in [-0.1, -0.05) is 38.4 Å². The SMILES string of the molecule is C=CCN(C)C(=O)C(C)C1CCC2(C)Cc3sc(CS(=O)(=O)c4ccc(Cl)cc4)nc3C(C)C2C1O. The minimum Gasteiger partial charge on any atom is -0.392 e. The van der Waals surface area contributed by atoms with Gasteiger partial charge in [0.2, 0.25) is 5.91 Å². The molecule has 1 aromatic carbocycles. The van der Waals surface area contributed by atoms with Crippen molar-refractivity contribution in [2.45, 2.75) is 62.7 Å². The zero-order chi connectivity index (χ0) is 26.4. The van der Waals surface area contributed by atoms with Crippen molar-refractivity contribution >= 4 is 38.7 Å². The Bertz CT molecular complexity index is 1240. The van der Waals surface area contributed by atoms with Crippen LogP contribution in [0.4, 0.5) is 0 Å². The number of hydrogen-bond donors (Lipinski definition) is 1. The molecule has 4 rings (SSSR count). The van der Waals surface area contributed by atoms with Crippen LogP contribution in [0, 0.1) is 23.2 Å². The van der Waals surface area contributed by atoms with Crippen LogP contribution in [0.5, 0.6) is 0 Å². The Hall–Kier alpha value is -1.74. The van der Waals surface area contributed by atoms with Crippen molar-refractivity contribution in [1.82, 2.24) is 9.88 Å². The summed E-state index contributed by atoms with van der Waals surface area (Å²) in [5, 5.41) is 12.7. The van der Waals surface area contributed by atoms with Crippen molar-refractivity contribution in [1.29, 1.82) is 0 Å². The summed E-state index contributed by atoms with van der Waals surface area (Å²) in [7, 11) is -1.78. The second kappa shape index (κ2) is 10.2. The van der Waals surface area contributed by atoms with Crippen LogP contribution in [0.15, 0.2) is 41.8 Å². The zero-order valence-electron chi connectivity index (χ0n) is 21.3. The number of amides is 1. The van der Waals surface area contributed by atoms with Crippen LogP contribution in [0.25, 0.3) is 0 Å². The predicted molar refractivity (Wildman–Crippen MR) is 144 cm³/mol. The molecule has 1 fully saturated rings. The Balaban J connectivity index is 1.57. The van der Waals surface area contributed by atoms with Crippen LogP contribution in [0.3, 0.4) is 0 Å². The normalized spacial score (nSPS) is 28.6. The molecule has 1 N–H and O–H groups in total. The van der Waals surface area contributed by atoms with Crippen molar-refractivity contribution in [2.75, 3.05) is 13.6 Å². The topological polar surface area (TPSA) is 87.6 Å². The van der Waals surface area contributed by atoms with E-state index < -0.39 is 15.9 Å². The molecule has 6 atom stereocenters. The van der Waals surface area contributed by atoms with Gasteiger partial charge >= 0.3 is 0 Å². The number of carbonyl (C=O) groups excluding carboxylic acids is 1. The number of halogens is 1. The van der Waals surface area contributed by atoms with E-state index in [2.05, 4.69) is 20.4 Å². The van der Waals surface area contributed by atoms with Crippen molar-refractivity contribution < 1.29 is 18.3 Å². The molecule has 0 bridgehead atoms. The fraction of sp³-hybridized carbons (Fsp3) is 0.556. The predicted octanol–water partition coefficient (Wildman–Crippen LogP) is 5.10. The third-order valence-corrected chi connectivity index (χ3v) is 11.4. The molecule has 2 aromatic rings. The summed E-state index contributed by atoms with van der Waals surface area (Å²) in [4.78, 5) is 20.8. The van der Waals surface area contributed by atoms with Gasteiger partial charge in [0.25, 0.3) is 0 Å². The Morgan fingerprint density at radius 3 is 2.69 bits per heavy atom. The van der Waals surface area contributed by atoms with Crippen LogP contribution in [-0.2, 0) is 26.8 Å². The molecule has 6 unspecified atom stereocenters. The molecular weight excluding hydrogens is 516 g/mol. The highest BCUT2D eigenvalue weighted by Crippen LogP contribution is 2.57. The maximum absolute atomic E-state index is 13.0. The van der Waals surface area contributed by atoms with E-state index in [1.165, 1.54) is 23.5 Å². The number of benzene rings is 1. The molecule has 2 aliphatic carbocycles. The second-order valence-electron chi connectivity index (χ2n) is 10.8. The highest BCUT2D eigenvalue weighted by atomic mass is 35.5. The van der Waals surface area contributed by atoms with Crippen molar-refractivity contribution in [3.8, 4) is 0 Å². The number of likely N-dealkylation sites (N-methyl/N-ethyl adjacent to an activating group) is 1. The molecule has 2 aliphatic rings. The summed E-state index contributed by atoms with van der Waals surface area (Å²) in [6, 6.07) is 6.20. The first-order chi connectivity index (χ1) is 16.9. The van der Waals surface area contributed by atoms with Crippen molar-refractivity contribution in [3.63, 3.8) is 0 Å². The van der Waals surface area contributed by atoms with Crippen molar-refractivity contribution in [3.05, 3.63) is 57.5 Å². The molecule has 6 nitrogen and oxygen atoms in total. The first-order valence-corrected chi connectivity index (χ1v) is 15.2. The Morgan fingerprint density at radius 2 is 2.06 bits per heavy atom. The van der Waals surface area contributed by atoms with Gasteiger partial charge in [0, 0.05) is 35.3 Å². The molecule has 1 heterocycles. The first kappa shape index (κ1) is 27.3. The van der Waals surface area contributed by atoms with E-state index in [1.807, 2.05) is 6.92 Å². The molecule has 1 saturated carbocycles. The summed E-state index contributed by atoms with van der Waals surface area (Å²) >= 11 is 7.39. The Kier molecular flexibility index (Phi) is 7.73. The number of aliphatic hydroxyl groups is 1. The molecule has 1 aromatic heterocycles. The molecule has 36 heavy (non-hydrogen) atoms. The fourth-order valence-electron chi connectivity index (χ4n) is 6.36. The van der Waals surface area contributed by atoms with Crippen LogP contribution in [-0.4, -0.2) is 49.0 Å². The number of sulfone groups is 1. The zero-order valence-corrected chi connectivity index (χ0v) is 23.7. The molecule has 0 spiro atoms. The van der Waals surface area contributed by atoms with E-state index >= 15 is 0 Å². The Labute approximate surface area is 223 Å². The fourth-order valence-corrected chi connectivity index (χ4v) is 9.46. The molecular formula is C27H35ClN2O4S2. The van der Waals surface area contributed by atoms with Crippen LogP contribution < -0.4 is 0 Å². The third kappa shape index (κ3) is 5.02. The monoisotopic (exact) mass is 550 g/mol. The van der Waals surface area contributed by atoms with E-state index in [9.17, 15) is 18.3 Å². The standard InChI is InChI=1S/C27H35ClN2O4S2/c1-6-13-30(5)26(32)16(2)20-11-12-27(4)14-21-24(17(3)23(27)25(20)31)29-22(35-21)15-36(33,34)19-9-7-18(28)8-10-19/h6-10,16-17,20,23,25,31H,1,11-15H2,2-5H3. The number of nitrogens with zero attached hydrogens (tertiary/aromatic N) is 2. The first-order valence-electron chi connectivity index (χ1n) is 12.4. The number of hydrogen-bond acceptors (Lipinski definition) is 6. The van der Waals surface area contributed by atoms with E-state index in [-0.39, 0.29) is 45.6 Å². The number of rotatable bonds is 7. The van der Waals surface area contributed by atoms with Gasteiger partial charge in [0.05, 0.1) is 16.7 Å². The molecule has 9 heteroatoms. The molecule has 0 radical (unpaired) electrons. The van der Waals surface area contributed by atoms with E-state index in [4.69, 9.17) is 16.6 Å². The van der Waals surface area contributed by atoms with Crippen LogP contribution in [0.1, 0.15) is 55.1 Å². The molecule has 0 saturated heterocycles. The number of carbonyl (C=O) groups is 1. The lowest BCUT2D eigenvalue weighted by atomic mass is 9.53. The maximum Gasteiger partial charge on any atom is 0.225 e. The van der Waals surface area contributed by atoms with Gasteiger partial charge < -0.3 is 10.0 Å². The highest BCUT2D eigenvalue weighted by molar-refractivity contribution is 7.90. The van der Waals surface area contributed by atoms with Gasteiger partial charge in [-0.2, -0.15) is 0 Å². The number of fused-ring (bicyclic) bond motifs is 2. The molecule has 0 aliphatic heterocycles. The van der Waals surface area contributed by atoms with Gasteiger partial charge in [-0.25, -0.2) is 13.4 Å². The lowest BCUT2D eigenvalue weighted by Gasteiger charge is -2.53. The van der Waals surface area contributed by atoms with Gasteiger partial charge in [-0.3, -0.25) is 4.79 Å². The average Bonchev–Trinajstić information content (AvgIpc) is 3.19.